The third kappa shape index (κ3) is 27.3. The minimum atomic E-state index is -4.91. The van der Waals surface area contributed by atoms with Crippen LogP contribution in [0.1, 0.15) is 143 Å². The Morgan fingerprint density at radius 1 is 0.724 bits per heavy atom. The number of carbonyl (C=O) groups is 3. The smallest absolute Gasteiger partial charge is 0.462 e. The molecule has 0 aromatic heterocycles. The van der Waals surface area contributed by atoms with E-state index in [9.17, 15) is 48.8 Å². The van der Waals surface area contributed by atoms with Crippen molar-refractivity contribution in [2.24, 2.45) is 17.8 Å². The molecule has 19 heteroatoms. The summed E-state index contributed by atoms with van der Waals surface area (Å²) >= 11 is 0. The van der Waals surface area contributed by atoms with Crippen LogP contribution in [0.4, 0.5) is 0 Å². The zero-order chi connectivity index (χ0) is 43.6. The number of aliphatic hydroxyl groups excluding tert-OH is 4. The van der Waals surface area contributed by atoms with Gasteiger partial charge >= 0.3 is 27.6 Å². The highest BCUT2D eigenvalue weighted by Gasteiger charge is 2.41. The molecule has 0 saturated heterocycles. The lowest BCUT2D eigenvalue weighted by atomic mass is 9.87. The number of Topliss-reactive ketones (excluding diaryl/α,β-unsaturated/α-hetero) is 1. The third-order valence-corrected chi connectivity index (χ3v) is 11.6. The predicted molar refractivity (Wildman–Crippen MR) is 214 cm³/mol. The number of unbranched alkanes of at least 4 members (excludes halogenated alkanes) is 8. The number of carbonyl (C=O) groups excluding carboxylic acids is 3. The first-order valence-corrected chi connectivity index (χ1v) is 24.0. The van der Waals surface area contributed by atoms with Crippen LogP contribution in [-0.4, -0.2) is 110 Å². The van der Waals surface area contributed by atoms with E-state index in [2.05, 4.69) is 29.8 Å². The van der Waals surface area contributed by atoms with Crippen molar-refractivity contribution in [3.05, 3.63) is 12.2 Å². The zero-order valence-electron chi connectivity index (χ0n) is 34.6. The van der Waals surface area contributed by atoms with Crippen molar-refractivity contribution >= 4 is 33.4 Å². The lowest BCUT2D eigenvalue weighted by Crippen LogP contribution is -2.30. The summed E-state index contributed by atoms with van der Waals surface area (Å²) < 4.78 is 47.5. The van der Waals surface area contributed by atoms with Crippen LogP contribution in [0.5, 0.6) is 0 Å². The molecule has 58 heavy (non-hydrogen) atoms. The van der Waals surface area contributed by atoms with Crippen LogP contribution in [0.15, 0.2) is 12.2 Å². The quantitative estimate of drug-likeness (QED) is 0.0177. The molecule has 0 amide bonds. The van der Waals surface area contributed by atoms with Crippen molar-refractivity contribution in [2.75, 3.05) is 26.4 Å². The van der Waals surface area contributed by atoms with Gasteiger partial charge in [0, 0.05) is 43.9 Å². The van der Waals surface area contributed by atoms with E-state index in [4.69, 9.17) is 23.8 Å². The Hall–Kier alpha value is -1.59. The number of ether oxygens (including phenoxy) is 2. The monoisotopic (exact) mass is 874 g/mol. The number of aliphatic hydroxyl groups is 4. The van der Waals surface area contributed by atoms with Crippen LogP contribution in [0, 0.1) is 17.8 Å². The number of hydrogen-bond acceptors (Lipinski definition) is 14. The minimum Gasteiger partial charge on any atom is -0.462 e. The Kier molecular flexibility index (Phi) is 28.6. The van der Waals surface area contributed by atoms with Gasteiger partial charge in [0.15, 0.2) is 6.10 Å². The van der Waals surface area contributed by atoms with Gasteiger partial charge in [0.1, 0.15) is 18.5 Å². The normalized spacial score (nSPS) is 21.7. The third-order valence-electron chi connectivity index (χ3n) is 10.2. The van der Waals surface area contributed by atoms with E-state index in [0.29, 0.717) is 19.3 Å². The molecule has 7 N–H and O–H groups in total. The number of phosphoric ester groups is 2. The van der Waals surface area contributed by atoms with E-state index < -0.39 is 96.4 Å². The number of rotatable bonds is 35. The first-order chi connectivity index (χ1) is 27.4. The van der Waals surface area contributed by atoms with Crippen LogP contribution in [-0.2, 0) is 46.6 Å². The maximum absolute atomic E-state index is 12.9. The van der Waals surface area contributed by atoms with Crippen LogP contribution >= 0.6 is 15.6 Å². The van der Waals surface area contributed by atoms with Gasteiger partial charge in [0.25, 0.3) is 0 Å². The molecule has 1 aliphatic carbocycles. The van der Waals surface area contributed by atoms with Crippen molar-refractivity contribution < 1.29 is 81.7 Å². The van der Waals surface area contributed by atoms with Gasteiger partial charge in [-0.15, -0.1) is 0 Å². The molecule has 1 aliphatic rings. The number of esters is 2. The SMILES string of the molecule is CCCCC[C@H](O)/C=C/[C@@H]1[C@@H](CC(=O)CCCCC(=O)O[C@H](COC(=O)CCCCCCCCC(C)CC)COP(=O)(O)OC[C@@H](O)COP(=O)(O)O)[C@@H](O)C[C@H]1O. The summed E-state index contributed by atoms with van der Waals surface area (Å²) in [6.45, 7) is 3.43. The van der Waals surface area contributed by atoms with Crippen LogP contribution in [0.2, 0.25) is 0 Å². The number of phosphoric acid groups is 2. The molecule has 1 rings (SSSR count). The molecular weight excluding hydrogens is 802 g/mol. The molecule has 1 fully saturated rings. The van der Waals surface area contributed by atoms with E-state index >= 15 is 0 Å². The second kappa shape index (κ2) is 30.4. The van der Waals surface area contributed by atoms with Gasteiger partial charge in [-0.25, -0.2) is 9.13 Å². The molecule has 0 spiro atoms. The number of ketones is 1. The average Bonchev–Trinajstić information content (AvgIpc) is 3.42. The fourth-order valence-electron chi connectivity index (χ4n) is 6.50. The zero-order valence-corrected chi connectivity index (χ0v) is 36.4. The molecule has 0 aromatic rings. The van der Waals surface area contributed by atoms with E-state index in [0.717, 1.165) is 50.9 Å². The van der Waals surface area contributed by atoms with E-state index in [1.165, 1.54) is 19.3 Å². The van der Waals surface area contributed by atoms with E-state index in [1.54, 1.807) is 12.2 Å². The van der Waals surface area contributed by atoms with Gasteiger partial charge in [0.05, 0.1) is 38.1 Å². The van der Waals surface area contributed by atoms with Crippen molar-refractivity contribution in [3.63, 3.8) is 0 Å². The Morgan fingerprint density at radius 2 is 1.31 bits per heavy atom. The number of hydrogen-bond donors (Lipinski definition) is 7. The van der Waals surface area contributed by atoms with E-state index in [-0.39, 0.29) is 44.3 Å². The Bertz CT molecular complexity index is 1280. The molecule has 1 saturated carbocycles. The lowest BCUT2D eigenvalue weighted by molar-refractivity contribution is -0.161. The van der Waals surface area contributed by atoms with Gasteiger partial charge in [0.2, 0.25) is 0 Å². The molecule has 0 aromatic carbocycles. The van der Waals surface area contributed by atoms with Crippen LogP contribution < -0.4 is 0 Å². The van der Waals surface area contributed by atoms with Crippen LogP contribution in [0.3, 0.4) is 0 Å². The van der Waals surface area contributed by atoms with E-state index in [1.807, 2.05) is 0 Å². The van der Waals surface area contributed by atoms with Crippen LogP contribution in [0.25, 0.3) is 0 Å². The highest BCUT2D eigenvalue weighted by Crippen LogP contribution is 2.44. The summed E-state index contributed by atoms with van der Waals surface area (Å²) in [5.41, 5.74) is 0. The molecule has 0 radical (unpaired) electrons. The van der Waals surface area contributed by atoms with Crippen molar-refractivity contribution in [3.8, 4) is 0 Å². The Balaban J connectivity index is 2.64. The Labute approximate surface area is 344 Å². The topological polar surface area (TPSA) is 273 Å². The summed E-state index contributed by atoms with van der Waals surface area (Å²) in [5, 5.41) is 41.0. The van der Waals surface area contributed by atoms with Gasteiger partial charge < -0.3 is 44.6 Å². The minimum absolute atomic E-state index is 0.0176. The summed E-state index contributed by atoms with van der Waals surface area (Å²) in [7, 11) is -9.81. The summed E-state index contributed by atoms with van der Waals surface area (Å²) in [4.78, 5) is 65.6. The average molecular weight is 875 g/mol. The van der Waals surface area contributed by atoms with Gasteiger partial charge in [-0.2, -0.15) is 0 Å². The fraction of sp³-hybridized carbons (Fsp3) is 0.872. The van der Waals surface area contributed by atoms with Crippen molar-refractivity contribution in [1.29, 1.82) is 0 Å². The second-order valence-corrected chi connectivity index (χ2v) is 18.2. The highest BCUT2D eigenvalue weighted by molar-refractivity contribution is 7.47. The standard InChI is InChI=1S/C39H72O17P2/c1-4-6-11-17-30(40)21-22-34-35(37(44)24-36(34)43)23-31(41)18-14-15-20-39(46)56-33(28-55-58(50,51)54-26-32(42)25-53-57(47,48)49)27-52-38(45)19-13-10-8-7-9-12-16-29(3)5-2/h21-22,29-30,32-37,40,42-44H,4-20,23-28H2,1-3H3,(H,50,51)(H2,47,48,49)/b22-21+/t29?,30-,32-,33+,34+,35+,36+,37-/m0/s1. The lowest BCUT2D eigenvalue weighted by Gasteiger charge is -2.21. The molecular formula is C39H72O17P2. The van der Waals surface area contributed by atoms with Gasteiger partial charge in [-0.3, -0.25) is 28.0 Å². The largest absolute Gasteiger partial charge is 0.472 e. The predicted octanol–water partition coefficient (Wildman–Crippen LogP) is 5.59. The van der Waals surface area contributed by atoms with Gasteiger partial charge in [-0.05, 0) is 31.6 Å². The molecule has 340 valence electrons. The second-order valence-electron chi connectivity index (χ2n) is 15.5. The van der Waals surface area contributed by atoms with Gasteiger partial charge in [-0.1, -0.05) is 97.1 Å². The van der Waals surface area contributed by atoms with Crippen molar-refractivity contribution in [1.82, 2.24) is 0 Å². The summed E-state index contributed by atoms with van der Waals surface area (Å²) in [5.74, 6) is -1.76. The molecule has 2 unspecified atom stereocenters. The maximum atomic E-state index is 12.9. The first kappa shape index (κ1) is 54.4. The maximum Gasteiger partial charge on any atom is 0.472 e. The molecule has 0 aliphatic heterocycles. The summed E-state index contributed by atoms with van der Waals surface area (Å²) in [6.07, 6.45) is 10.3. The summed E-state index contributed by atoms with van der Waals surface area (Å²) in [6, 6.07) is 0. The molecule has 0 heterocycles. The highest BCUT2D eigenvalue weighted by atomic mass is 31.2. The Morgan fingerprint density at radius 3 is 1.98 bits per heavy atom. The first-order valence-electron chi connectivity index (χ1n) is 20.9. The molecule has 0 bridgehead atoms. The fourth-order valence-corrected chi connectivity index (χ4v) is 7.65. The van der Waals surface area contributed by atoms with Crippen molar-refractivity contribution in [2.45, 2.75) is 173 Å². The molecule has 9 atom stereocenters. The molecule has 17 nitrogen and oxygen atoms in total.